The fraction of sp³-hybridized carbons (Fsp3) is 0.526. The van der Waals surface area contributed by atoms with Crippen LogP contribution < -0.4 is 4.74 Å². The van der Waals surface area contributed by atoms with Crippen LogP contribution >= 0.6 is 10.0 Å². The van der Waals surface area contributed by atoms with E-state index in [2.05, 4.69) is 28.8 Å². The Morgan fingerprint density at radius 2 is 1.96 bits per heavy atom. The summed E-state index contributed by atoms with van der Waals surface area (Å²) in [5.74, 6) is 2.09. The van der Waals surface area contributed by atoms with Crippen molar-refractivity contribution in [3.63, 3.8) is 0 Å². The van der Waals surface area contributed by atoms with E-state index in [0.29, 0.717) is 42.6 Å². The Labute approximate surface area is 157 Å². The van der Waals surface area contributed by atoms with Crippen molar-refractivity contribution in [2.45, 2.75) is 26.7 Å². The Balaban J connectivity index is 2.05. The quantitative estimate of drug-likeness (QED) is 0.493. The van der Waals surface area contributed by atoms with Gasteiger partial charge in [0.1, 0.15) is 0 Å². The van der Waals surface area contributed by atoms with Gasteiger partial charge in [-0.25, -0.2) is 24.5 Å². The summed E-state index contributed by atoms with van der Waals surface area (Å²) in [6.07, 6.45) is 10.4. The standard InChI is InChI=1S/C19H29N3O3S/c1-6-16-15(19(23)24-7-2)9-10-17(20-16)22-12-11-18(21-22)25-13-8-14-26(3,4)5/h9-12H,6-8,13-14H2,1-5H3. The van der Waals surface area contributed by atoms with Crippen molar-refractivity contribution < 1.29 is 14.3 Å². The average Bonchev–Trinajstić information content (AvgIpc) is 3.06. The Morgan fingerprint density at radius 1 is 1.19 bits per heavy atom. The summed E-state index contributed by atoms with van der Waals surface area (Å²) in [4.78, 5) is 16.5. The SMILES string of the molecule is CCOC(=O)c1ccc(-n2ccc(OCCCS(C)(C)C)n2)nc1CC. The van der Waals surface area contributed by atoms with Crippen molar-refractivity contribution in [1.29, 1.82) is 0 Å². The monoisotopic (exact) mass is 379 g/mol. The minimum Gasteiger partial charge on any atom is -0.477 e. The summed E-state index contributed by atoms with van der Waals surface area (Å²) in [6, 6.07) is 5.34. The van der Waals surface area contributed by atoms with Crippen LogP contribution in [0.5, 0.6) is 5.88 Å². The van der Waals surface area contributed by atoms with Crippen molar-refractivity contribution in [3.05, 3.63) is 35.7 Å². The Bertz CT molecular complexity index is 738. The molecule has 2 aromatic heterocycles. The second kappa shape index (κ2) is 9.07. The molecule has 0 unspecified atom stereocenters. The Kier molecular flexibility index (Phi) is 7.08. The third-order valence-corrected chi connectivity index (χ3v) is 5.25. The molecule has 0 amide bonds. The fourth-order valence-corrected chi connectivity index (χ4v) is 3.45. The van der Waals surface area contributed by atoms with Crippen LogP contribution in [0.25, 0.3) is 5.82 Å². The summed E-state index contributed by atoms with van der Waals surface area (Å²) in [7, 11) is -0.493. The number of ether oxygens (including phenoxy) is 2. The highest BCUT2D eigenvalue weighted by Crippen LogP contribution is 2.34. The molecule has 2 heterocycles. The van der Waals surface area contributed by atoms with Crippen molar-refractivity contribution in [2.75, 3.05) is 37.7 Å². The third kappa shape index (κ3) is 5.76. The summed E-state index contributed by atoms with van der Waals surface area (Å²) in [5, 5.41) is 4.42. The molecule has 0 spiro atoms. The van der Waals surface area contributed by atoms with E-state index in [0.717, 1.165) is 6.42 Å². The molecule has 2 rings (SSSR count). The van der Waals surface area contributed by atoms with E-state index < -0.39 is 10.0 Å². The number of nitrogens with zero attached hydrogens (tertiary/aromatic N) is 3. The number of hydrogen-bond acceptors (Lipinski definition) is 5. The van der Waals surface area contributed by atoms with Crippen LogP contribution in [0.1, 0.15) is 36.3 Å². The lowest BCUT2D eigenvalue weighted by Crippen LogP contribution is -2.11. The number of esters is 1. The maximum Gasteiger partial charge on any atom is 0.339 e. The normalized spacial score (nSPS) is 12.0. The zero-order valence-corrected chi connectivity index (χ0v) is 17.1. The third-order valence-electron chi connectivity index (χ3n) is 3.74. The number of aromatic nitrogens is 3. The molecule has 6 nitrogen and oxygen atoms in total. The van der Waals surface area contributed by atoms with E-state index in [1.54, 1.807) is 23.7 Å². The first-order valence-electron chi connectivity index (χ1n) is 8.86. The van der Waals surface area contributed by atoms with Crippen LogP contribution in [-0.4, -0.2) is 58.5 Å². The van der Waals surface area contributed by atoms with E-state index in [-0.39, 0.29) is 5.97 Å². The Hall–Kier alpha value is -2.02. The lowest BCUT2D eigenvalue weighted by atomic mass is 10.1. The van der Waals surface area contributed by atoms with Crippen LogP contribution in [-0.2, 0) is 11.2 Å². The van der Waals surface area contributed by atoms with Crippen LogP contribution in [0, 0.1) is 0 Å². The molecule has 2 aromatic rings. The molecule has 0 bridgehead atoms. The maximum atomic E-state index is 12.0. The molecule has 0 saturated carbocycles. The molecule has 7 heteroatoms. The van der Waals surface area contributed by atoms with E-state index in [1.165, 1.54) is 5.75 Å². The van der Waals surface area contributed by atoms with E-state index in [4.69, 9.17) is 9.47 Å². The van der Waals surface area contributed by atoms with Gasteiger partial charge in [0.15, 0.2) is 5.82 Å². The first-order chi connectivity index (χ1) is 12.3. The number of carbonyl (C=O) groups is 1. The molecule has 0 N–H and O–H groups in total. The van der Waals surface area contributed by atoms with Gasteiger partial charge in [0, 0.05) is 12.3 Å². The van der Waals surface area contributed by atoms with Gasteiger partial charge in [0.05, 0.1) is 24.5 Å². The number of carbonyl (C=O) groups excluding carboxylic acids is 1. The Morgan fingerprint density at radius 3 is 2.62 bits per heavy atom. The minimum atomic E-state index is -0.493. The average molecular weight is 380 g/mol. The van der Waals surface area contributed by atoms with Gasteiger partial charge in [-0.1, -0.05) is 6.92 Å². The van der Waals surface area contributed by atoms with Crippen molar-refractivity contribution >= 4 is 16.0 Å². The smallest absolute Gasteiger partial charge is 0.339 e. The molecular weight excluding hydrogens is 350 g/mol. The lowest BCUT2D eigenvalue weighted by Gasteiger charge is -2.24. The van der Waals surface area contributed by atoms with Gasteiger partial charge in [0.25, 0.3) is 0 Å². The number of hydrogen-bond donors (Lipinski definition) is 0. The highest BCUT2D eigenvalue weighted by atomic mass is 32.3. The highest BCUT2D eigenvalue weighted by molar-refractivity contribution is 8.32. The molecule has 26 heavy (non-hydrogen) atoms. The fourth-order valence-electron chi connectivity index (χ4n) is 2.46. The second-order valence-electron chi connectivity index (χ2n) is 6.83. The molecule has 0 fully saturated rings. The first-order valence-corrected chi connectivity index (χ1v) is 11.9. The first kappa shape index (κ1) is 20.3. The van der Waals surface area contributed by atoms with E-state index >= 15 is 0 Å². The van der Waals surface area contributed by atoms with Crippen LogP contribution in [0.4, 0.5) is 0 Å². The maximum absolute atomic E-state index is 12.0. The van der Waals surface area contributed by atoms with Gasteiger partial charge >= 0.3 is 5.97 Å². The molecule has 0 atom stereocenters. The summed E-state index contributed by atoms with van der Waals surface area (Å²) >= 11 is 0. The van der Waals surface area contributed by atoms with Gasteiger partial charge in [-0.3, -0.25) is 0 Å². The van der Waals surface area contributed by atoms with Crippen molar-refractivity contribution in [1.82, 2.24) is 14.8 Å². The molecular formula is C19H29N3O3S. The summed E-state index contributed by atoms with van der Waals surface area (Å²) in [6.45, 7) is 4.76. The van der Waals surface area contributed by atoms with Gasteiger partial charge < -0.3 is 9.47 Å². The summed E-state index contributed by atoms with van der Waals surface area (Å²) in [5.41, 5.74) is 1.21. The topological polar surface area (TPSA) is 66.2 Å². The molecule has 0 aliphatic heterocycles. The van der Waals surface area contributed by atoms with Crippen molar-refractivity contribution in [2.24, 2.45) is 0 Å². The van der Waals surface area contributed by atoms with Crippen LogP contribution in [0.3, 0.4) is 0 Å². The van der Waals surface area contributed by atoms with Gasteiger partial charge in [-0.2, -0.15) is 0 Å². The van der Waals surface area contributed by atoms with Gasteiger partial charge in [-0.05, 0) is 56.4 Å². The molecule has 0 aliphatic carbocycles. The lowest BCUT2D eigenvalue weighted by molar-refractivity contribution is 0.0524. The molecule has 144 valence electrons. The van der Waals surface area contributed by atoms with Crippen molar-refractivity contribution in [3.8, 4) is 11.7 Å². The molecule has 0 aromatic carbocycles. The predicted octanol–water partition coefficient (Wildman–Crippen LogP) is 3.47. The number of pyridine rings is 1. The number of aryl methyl sites for hydroxylation is 1. The highest BCUT2D eigenvalue weighted by Gasteiger charge is 2.14. The van der Waals surface area contributed by atoms with E-state index in [9.17, 15) is 4.79 Å². The van der Waals surface area contributed by atoms with Crippen LogP contribution in [0.2, 0.25) is 0 Å². The molecule has 0 radical (unpaired) electrons. The predicted molar refractivity (Wildman–Crippen MR) is 107 cm³/mol. The molecule has 0 aliphatic rings. The van der Waals surface area contributed by atoms with Gasteiger partial charge in [0.2, 0.25) is 5.88 Å². The molecule has 0 saturated heterocycles. The summed E-state index contributed by atoms with van der Waals surface area (Å²) < 4.78 is 12.5. The number of rotatable bonds is 9. The van der Waals surface area contributed by atoms with Gasteiger partial charge in [-0.15, -0.1) is 5.10 Å². The van der Waals surface area contributed by atoms with E-state index in [1.807, 2.05) is 19.2 Å². The van der Waals surface area contributed by atoms with Crippen LogP contribution in [0.15, 0.2) is 24.4 Å². The zero-order valence-electron chi connectivity index (χ0n) is 16.3. The largest absolute Gasteiger partial charge is 0.477 e. The second-order valence-corrected chi connectivity index (χ2v) is 11.4. The zero-order chi connectivity index (χ0) is 19.2. The minimum absolute atomic E-state index is 0.339.